The van der Waals surface area contributed by atoms with E-state index in [9.17, 15) is 14.7 Å². The van der Waals surface area contributed by atoms with Crippen molar-refractivity contribution in [1.29, 1.82) is 0 Å². The van der Waals surface area contributed by atoms with Crippen molar-refractivity contribution in [3.05, 3.63) is 75.3 Å². The van der Waals surface area contributed by atoms with Gasteiger partial charge in [-0.1, -0.05) is 29.8 Å². The quantitative estimate of drug-likeness (QED) is 0.663. The van der Waals surface area contributed by atoms with Gasteiger partial charge in [0.15, 0.2) is 11.5 Å². The number of benzene rings is 1. The van der Waals surface area contributed by atoms with Crippen LogP contribution in [0.2, 0.25) is 5.02 Å². The highest BCUT2D eigenvalue weighted by molar-refractivity contribution is 6.30. The molecule has 126 valence electrons. The van der Waals surface area contributed by atoms with E-state index < -0.39 is 17.2 Å². The Labute approximate surface area is 147 Å². The molecule has 2 aromatic heterocycles. The first kappa shape index (κ1) is 16.7. The van der Waals surface area contributed by atoms with Gasteiger partial charge >= 0.3 is 0 Å². The number of nitrogens with one attached hydrogen (secondary N) is 2. The van der Waals surface area contributed by atoms with Crippen LogP contribution in [0.5, 0.6) is 5.75 Å². The van der Waals surface area contributed by atoms with Gasteiger partial charge in [-0.25, -0.2) is 4.98 Å². The van der Waals surface area contributed by atoms with Crippen molar-refractivity contribution in [2.75, 3.05) is 0 Å². The van der Waals surface area contributed by atoms with Gasteiger partial charge in [0.05, 0.1) is 0 Å². The molecular weight excluding hydrogens is 344 g/mol. The van der Waals surface area contributed by atoms with Gasteiger partial charge in [0, 0.05) is 17.8 Å². The predicted molar refractivity (Wildman–Crippen MR) is 92.4 cm³/mol. The highest BCUT2D eigenvalue weighted by Gasteiger charge is 2.18. The lowest BCUT2D eigenvalue weighted by Gasteiger charge is -2.08. The van der Waals surface area contributed by atoms with Crippen LogP contribution >= 0.6 is 11.6 Å². The number of pyridine rings is 1. The minimum absolute atomic E-state index is 0.0938. The van der Waals surface area contributed by atoms with E-state index in [0.29, 0.717) is 10.7 Å². The summed E-state index contributed by atoms with van der Waals surface area (Å²) in [5.41, 5.74) is -0.0337. The molecule has 8 heteroatoms. The lowest BCUT2D eigenvalue weighted by molar-refractivity contribution is 0.0942. The van der Waals surface area contributed by atoms with Gasteiger partial charge in [0.1, 0.15) is 5.69 Å². The summed E-state index contributed by atoms with van der Waals surface area (Å²) in [4.78, 5) is 34.7. The van der Waals surface area contributed by atoms with Gasteiger partial charge in [0.2, 0.25) is 5.75 Å². The molecule has 25 heavy (non-hydrogen) atoms. The van der Waals surface area contributed by atoms with Crippen LogP contribution in [-0.4, -0.2) is 26.0 Å². The van der Waals surface area contributed by atoms with E-state index in [1.54, 1.807) is 42.5 Å². The van der Waals surface area contributed by atoms with Crippen LogP contribution in [0.1, 0.15) is 16.1 Å². The third-order valence-electron chi connectivity index (χ3n) is 3.36. The first-order valence-electron chi connectivity index (χ1n) is 7.32. The van der Waals surface area contributed by atoms with Crippen molar-refractivity contribution < 1.29 is 9.90 Å². The molecule has 3 N–H and O–H groups in total. The number of H-pyrrole nitrogens is 1. The average Bonchev–Trinajstić information content (AvgIpc) is 2.62. The van der Waals surface area contributed by atoms with Crippen LogP contribution in [0.4, 0.5) is 0 Å². The topological polar surface area (TPSA) is 108 Å². The van der Waals surface area contributed by atoms with Crippen LogP contribution in [0, 0.1) is 0 Å². The lowest BCUT2D eigenvalue weighted by atomic mass is 10.2. The largest absolute Gasteiger partial charge is 0.501 e. The van der Waals surface area contributed by atoms with Crippen molar-refractivity contribution in [2.24, 2.45) is 0 Å². The average molecular weight is 357 g/mol. The number of carbonyl (C=O) groups excluding carboxylic acids is 1. The maximum Gasteiger partial charge on any atom is 0.294 e. The number of hydrogen-bond acceptors (Lipinski definition) is 5. The second-order valence-corrected chi connectivity index (χ2v) is 5.58. The maximum atomic E-state index is 12.3. The van der Waals surface area contributed by atoms with Crippen molar-refractivity contribution >= 4 is 17.5 Å². The smallest absolute Gasteiger partial charge is 0.294 e. The molecule has 0 aliphatic rings. The summed E-state index contributed by atoms with van der Waals surface area (Å²) in [6.07, 6.45) is 1.53. The number of nitrogens with zero attached hydrogens (tertiary/aromatic N) is 2. The minimum Gasteiger partial charge on any atom is -0.501 e. The number of aromatic nitrogens is 3. The van der Waals surface area contributed by atoms with E-state index in [1.807, 2.05) is 0 Å². The standard InChI is InChI=1S/C17H13ClN4O3/c18-11-5-3-4-10(8-11)9-20-16(24)13-14(23)17(25)22-15(21-13)12-6-1-2-7-19-12/h1-8,23H,9H2,(H,20,24)(H,21,22,25). The third-order valence-corrected chi connectivity index (χ3v) is 3.59. The molecule has 3 aromatic rings. The molecule has 0 unspecified atom stereocenters. The van der Waals surface area contributed by atoms with Crippen LogP contribution in [-0.2, 0) is 6.54 Å². The van der Waals surface area contributed by atoms with Gasteiger partial charge in [-0.05, 0) is 29.8 Å². The summed E-state index contributed by atoms with van der Waals surface area (Å²) in [6, 6.07) is 12.0. The first-order valence-corrected chi connectivity index (χ1v) is 7.69. The second kappa shape index (κ2) is 7.14. The van der Waals surface area contributed by atoms with Crippen molar-refractivity contribution in [1.82, 2.24) is 20.3 Å². The monoisotopic (exact) mass is 356 g/mol. The molecule has 0 spiro atoms. The Kier molecular flexibility index (Phi) is 4.76. The van der Waals surface area contributed by atoms with Gasteiger partial charge in [0.25, 0.3) is 11.5 Å². The molecule has 0 fully saturated rings. The lowest BCUT2D eigenvalue weighted by Crippen LogP contribution is -2.26. The van der Waals surface area contributed by atoms with E-state index >= 15 is 0 Å². The number of aromatic amines is 1. The van der Waals surface area contributed by atoms with Crippen LogP contribution in [0.3, 0.4) is 0 Å². The molecule has 0 bridgehead atoms. The summed E-state index contributed by atoms with van der Waals surface area (Å²) < 4.78 is 0. The zero-order valence-electron chi connectivity index (χ0n) is 12.9. The van der Waals surface area contributed by atoms with Crippen molar-refractivity contribution in [3.8, 4) is 17.3 Å². The van der Waals surface area contributed by atoms with Gasteiger partial charge in [-0.15, -0.1) is 0 Å². The van der Waals surface area contributed by atoms with Crippen LogP contribution < -0.4 is 10.9 Å². The fourth-order valence-electron chi connectivity index (χ4n) is 2.16. The number of amides is 1. The SMILES string of the molecule is O=C(NCc1cccc(Cl)c1)c1nc(-c2ccccn2)[nH]c(=O)c1O. The summed E-state index contributed by atoms with van der Waals surface area (Å²) >= 11 is 5.89. The fourth-order valence-corrected chi connectivity index (χ4v) is 2.38. The van der Waals surface area contributed by atoms with E-state index in [4.69, 9.17) is 11.6 Å². The molecule has 7 nitrogen and oxygen atoms in total. The van der Waals surface area contributed by atoms with Crippen molar-refractivity contribution in [3.63, 3.8) is 0 Å². The Hall–Kier alpha value is -3.19. The summed E-state index contributed by atoms with van der Waals surface area (Å²) in [6.45, 7) is 0.173. The number of aromatic hydroxyl groups is 1. The third kappa shape index (κ3) is 3.84. The molecule has 3 rings (SSSR count). The minimum atomic E-state index is -0.816. The first-order chi connectivity index (χ1) is 12.0. The number of carbonyl (C=O) groups is 1. The van der Waals surface area contributed by atoms with Gasteiger partial charge in [-0.3, -0.25) is 14.6 Å². The van der Waals surface area contributed by atoms with E-state index in [0.717, 1.165) is 5.56 Å². The van der Waals surface area contributed by atoms with Gasteiger partial charge in [-0.2, -0.15) is 0 Å². The van der Waals surface area contributed by atoms with E-state index in [2.05, 4.69) is 20.3 Å². The van der Waals surface area contributed by atoms with E-state index in [-0.39, 0.29) is 18.1 Å². The van der Waals surface area contributed by atoms with Crippen molar-refractivity contribution in [2.45, 2.75) is 6.54 Å². The molecule has 1 aromatic carbocycles. The zero-order valence-corrected chi connectivity index (χ0v) is 13.6. The van der Waals surface area contributed by atoms with Crippen LogP contribution in [0.25, 0.3) is 11.5 Å². The number of hydrogen-bond donors (Lipinski definition) is 3. The number of rotatable bonds is 4. The second-order valence-electron chi connectivity index (χ2n) is 5.14. The Bertz CT molecular complexity index is 973. The Morgan fingerprint density at radius 1 is 1.24 bits per heavy atom. The fraction of sp³-hybridized carbons (Fsp3) is 0.0588. The summed E-state index contributed by atoms with van der Waals surface area (Å²) in [5.74, 6) is -1.33. The molecule has 0 saturated carbocycles. The Morgan fingerprint density at radius 2 is 2.08 bits per heavy atom. The zero-order chi connectivity index (χ0) is 17.8. The highest BCUT2D eigenvalue weighted by Crippen LogP contribution is 2.15. The Morgan fingerprint density at radius 3 is 2.80 bits per heavy atom. The normalized spacial score (nSPS) is 10.4. The summed E-state index contributed by atoms with van der Waals surface area (Å²) in [5, 5.41) is 13.0. The van der Waals surface area contributed by atoms with Gasteiger partial charge < -0.3 is 15.4 Å². The van der Waals surface area contributed by atoms with Crippen LogP contribution in [0.15, 0.2) is 53.5 Å². The molecule has 0 aliphatic heterocycles. The molecular formula is C17H13ClN4O3. The molecule has 0 aliphatic carbocycles. The summed E-state index contributed by atoms with van der Waals surface area (Å²) in [7, 11) is 0. The van der Waals surface area contributed by atoms with E-state index in [1.165, 1.54) is 6.20 Å². The molecule has 0 saturated heterocycles. The number of halogens is 1. The highest BCUT2D eigenvalue weighted by atomic mass is 35.5. The molecule has 0 atom stereocenters. The Balaban J connectivity index is 1.87. The molecule has 2 heterocycles. The maximum absolute atomic E-state index is 12.3. The molecule has 1 amide bonds. The molecule has 0 radical (unpaired) electrons. The predicted octanol–water partition coefficient (Wildman–Crippen LogP) is 2.12.